The lowest BCUT2D eigenvalue weighted by atomic mass is 10.0. The van der Waals surface area contributed by atoms with Crippen LogP contribution in [0.1, 0.15) is 21.7 Å². The summed E-state index contributed by atoms with van der Waals surface area (Å²) in [6.07, 6.45) is 2.53. The van der Waals surface area contributed by atoms with E-state index >= 15 is 0 Å². The zero-order valence-corrected chi connectivity index (χ0v) is 11.3. The third-order valence-corrected chi connectivity index (χ3v) is 3.16. The highest BCUT2D eigenvalue weighted by Crippen LogP contribution is 2.17. The molecule has 0 bridgehead atoms. The molecule has 1 N–H and O–H groups in total. The molecule has 0 saturated heterocycles. The number of sulfonamides is 1. The van der Waals surface area contributed by atoms with Gasteiger partial charge in [-0.05, 0) is 37.3 Å². The standard InChI is InChI=1S/C13H13NO4S/c1-9-12(7-8-18-9)13(15)10-3-5-11(6-4-10)14-19(2,16)17/h3-8,14H,1-2H3. The predicted octanol–water partition coefficient (Wildman–Crippen LogP) is 2.19. The van der Waals surface area contributed by atoms with Crippen molar-refractivity contribution >= 4 is 21.5 Å². The molecule has 0 fully saturated rings. The molecule has 0 atom stereocenters. The highest BCUT2D eigenvalue weighted by Gasteiger charge is 2.13. The molecule has 100 valence electrons. The van der Waals surface area contributed by atoms with Gasteiger partial charge in [-0.3, -0.25) is 9.52 Å². The van der Waals surface area contributed by atoms with Gasteiger partial charge in [-0.1, -0.05) is 0 Å². The molecule has 0 unspecified atom stereocenters. The van der Waals surface area contributed by atoms with Crippen LogP contribution < -0.4 is 4.72 Å². The van der Waals surface area contributed by atoms with Crippen LogP contribution >= 0.6 is 0 Å². The number of furan rings is 1. The van der Waals surface area contributed by atoms with Gasteiger partial charge in [-0.15, -0.1) is 0 Å². The average molecular weight is 279 g/mol. The molecular weight excluding hydrogens is 266 g/mol. The maximum Gasteiger partial charge on any atom is 0.229 e. The van der Waals surface area contributed by atoms with Crippen LogP contribution in [0.3, 0.4) is 0 Å². The van der Waals surface area contributed by atoms with E-state index in [2.05, 4.69) is 4.72 Å². The van der Waals surface area contributed by atoms with Crippen LogP contribution in [-0.2, 0) is 10.0 Å². The minimum absolute atomic E-state index is 0.155. The monoisotopic (exact) mass is 279 g/mol. The summed E-state index contributed by atoms with van der Waals surface area (Å²) in [7, 11) is -3.31. The molecule has 0 spiro atoms. The van der Waals surface area contributed by atoms with E-state index in [9.17, 15) is 13.2 Å². The number of ketones is 1. The van der Waals surface area contributed by atoms with Crippen LogP contribution in [0.15, 0.2) is 41.0 Å². The predicted molar refractivity (Wildman–Crippen MR) is 71.8 cm³/mol. The van der Waals surface area contributed by atoms with Gasteiger partial charge in [0.25, 0.3) is 0 Å². The van der Waals surface area contributed by atoms with Crippen molar-refractivity contribution in [2.75, 3.05) is 11.0 Å². The van der Waals surface area contributed by atoms with Crippen molar-refractivity contribution in [1.29, 1.82) is 0 Å². The molecule has 6 heteroatoms. The van der Waals surface area contributed by atoms with Crippen LogP contribution in [0.25, 0.3) is 0 Å². The molecule has 2 aromatic rings. The fraction of sp³-hybridized carbons (Fsp3) is 0.154. The zero-order valence-electron chi connectivity index (χ0n) is 10.5. The second-order valence-corrected chi connectivity index (χ2v) is 5.92. The molecule has 1 heterocycles. The lowest BCUT2D eigenvalue weighted by Gasteiger charge is -2.04. The molecule has 0 saturated carbocycles. The number of carbonyl (C=O) groups excluding carboxylic acids is 1. The molecule has 1 aromatic heterocycles. The molecule has 0 aliphatic rings. The molecule has 1 aromatic carbocycles. The highest BCUT2D eigenvalue weighted by atomic mass is 32.2. The first-order valence-electron chi connectivity index (χ1n) is 5.53. The molecule has 19 heavy (non-hydrogen) atoms. The second-order valence-electron chi connectivity index (χ2n) is 4.17. The Labute approximate surface area is 111 Å². The van der Waals surface area contributed by atoms with Crippen molar-refractivity contribution in [3.63, 3.8) is 0 Å². The normalized spacial score (nSPS) is 11.3. The largest absolute Gasteiger partial charge is 0.469 e. The minimum Gasteiger partial charge on any atom is -0.469 e. The Kier molecular flexibility index (Phi) is 3.44. The topological polar surface area (TPSA) is 76.4 Å². The lowest BCUT2D eigenvalue weighted by molar-refractivity contribution is 0.103. The van der Waals surface area contributed by atoms with Crippen LogP contribution in [-0.4, -0.2) is 20.5 Å². The summed E-state index contributed by atoms with van der Waals surface area (Å²) in [5.41, 5.74) is 1.40. The fourth-order valence-corrected chi connectivity index (χ4v) is 2.24. The summed E-state index contributed by atoms with van der Waals surface area (Å²) in [5.74, 6) is 0.403. The Morgan fingerprint density at radius 2 is 1.79 bits per heavy atom. The maximum absolute atomic E-state index is 12.1. The van der Waals surface area contributed by atoms with E-state index in [4.69, 9.17) is 4.42 Å². The Morgan fingerprint density at radius 1 is 1.16 bits per heavy atom. The first-order valence-corrected chi connectivity index (χ1v) is 7.42. The van der Waals surface area contributed by atoms with E-state index in [-0.39, 0.29) is 5.78 Å². The van der Waals surface area contributed by atoms with E-state index in [1.54, 1.807) is 37.3 Å². The van der Waals surface area contributed by atoms with Crippen molar-refractivity contribution in [3.05, 3.63) is 53.5 Å². The first-order chi connectivity index (χ1) is 8.87. The third-order valence-electron chi connectivity index (χ3n) is 2.55. The van der Waals surface area contributed by atoms with Gasteiger partial charge in [0.15, 0.2) is 5.78 Å². The number of aryl methyl sites for hydroxylation is 1. The zero-order chi connectivity index (χ0) is 14.0. The number of carbonyl (C=O) groups is 1. The van der Waals surface area contributed by atoms with Crippen molar-refractivity contribution in [3.8, 4) is 0 Å². The summed E-state index contributed by atoms with van der Waals surface area (Å²) in [6, 6.07) is 7.85. The molecule has 5 nitrogen and oxygen atoms in total. The molecule has 0 amide bonds. The molecule has 0 radical (unpaired) electrons. The van der Waals surface area contributed by atoms with Gasteiger partial charge < -0.3 is 4.42 Å². The molecular formula is C13H13NO4S. The number of rotatable bonds is 4. The van der Waals surface area contributed by atoms with E-state index in [0.717, 1.165) is 6.26 Å². The Morgan fingerprint density at radius 3 is 2.26 bits per heavy atom. The first kappa shape index (κ1) is 13.4. The Bertz CT molecular complexity index is 698. The second kappa shape index (κ2) is 4.89. The Balaban J connectivity index is 2.24. The smallest absolute Gasteiger partial charge is 0.229 e. The highest BCUT2D eigenvalue weighted by molar-refractivity contribution is 7.92. The van der Waals surface area contributed by atoms with Gasteiger partial charge in [0, 0.05) is 11.3 Å². The van der Waals surface area contributed by atoms with E-state index in [1.807, 2.05) is 0 Å². The summed E-state index contributed by atoms with van der Waals surface area (Å²) in [4.78, 5) is 12.1. The number of hydrogen-bond acceptors (Lipinski definition) is 4. The van der Waals surface area contributed by atoms with Crippen LogP contribution in [0.2, 0.25) is 0 Å². The third kappa shape index (κ3) is 3.23. The van der Waals surface area contributed by atoms with Gasteiger partial charge in [0.1, 0.15) is 5.76 Å². The van der Waals surface area contributed by atoms with Gasteiger partial charge >= 0.3 is 0 Å². The number of nitrogens with one attached hydrogen (secondary N) is 1. The number of hydrogen-bond donors (Lipinski definition) is 1. The molecule has 0 aliphatic heterocycles. The summed E-state index contributed by atoms with van der Waals surface area (Å²) in [5, 5.41) is 0. The summed E-state index contributed by atoms with van der Waals surface area (Å²) >= 11 is 0. The van der Waals surface area contributed by atoms with Crippen LogP contribution in [0, 0.1) is 6.92 Å². The quantitative estimate of drug-likeness (QED) is 0.870. The average Bonchev–Trinajstić information content (AvgIpc) is 2.73. The number of benzene rings is 1. The SMILES string of the molecule is Cc1occc1C(=O)c1ccc(NS(C)(=O)=O)cc1. The molecule has 0 aliphatic carbocycles. The Hall–Kier alpha value is -2.08. The molecule has 2 rings (SSSR count). The van der Waals surface area contributed by atoms with Gasteiger partial charge in [-0.2, -0.15) is 0 Å². The van der Waals surface area contributed by atoms with Crippen LogP contribution in [0.4, 0.5) is 5.69 Å². The van der Waals surface area contributed by atoms with Gasteiger partial charge in [-0.25, -0.2) is 8.42 Å². The van der Waals surface area contributed by atoms with Crippen molar-refractivity contribution in [2.24, 2.45) is 0 Å². The van der Waals surface area contributed by atoms with Crippen LogP contribution in [0.5, 0.6) is 0 Å². The number of anilines is 1. The lowest BCUT2D eigenvalue weighted by Crippen LogP contribution is -2.09. The van der Waals surface area contributed by atoms with E-state index in [0.29, 0.717) is 22.6 Å². The van der Waals surface area contributed by atoms with E-state index < -0.39 is 10.0 Å². The maximum atomic E-state index is 12.1. The minimum atomic E-state index is -3.31. The van der Waals surface area contributed by atoms with Crippen molar-refractivity contribution < 1.29 is 17.6 Å². The fourth-order valence-electron chi connectivity index (χ4n) is 1.68. The summed E-state index contributed by atoms with van der Waals surface area (Å²) in [6.45, 7) is 1.72. The van der Waals surface area contributed by atoms with Crippen molar-refractivity contribution in [2.45, 2.75) is 6.92 Å². The van der Waals surface area contributed by atoms with Crippen molar-refractivity contribution in [1.82, 2.24) is 0 Å². The van der Waals surface area contributed by atoms with Gasteiger partial charge in [0.2, 0.25) is 10.0 Å². The van der Waals surface area contributed by atoms with Gasteiger partial charge in [0.05, 0.1) is 18.1 Å². The van der Waals surface area contributed by atoms with E-state index in [1.165, 1.54) is 6.26 Å². The summed E-state index contributed by atoms with van der Waals surface area (Å²) < 4.78 is 29.5.